The van der Waals surface area contributed by atoms with Crippen molar-refractivity contribution in [3.05, 3.63) is 130 Å². The molecule has 4 aromatic rings. The van der Waals surface area contributed by atoms with Gasteiger partial charge in [0.2, 0.25) is 11.8 Å². The first kappa shape index (κ1) is 26.5. The highest BCUT2D eigenvalue weighted by Crippen LogP contribution is 2.47. The van der Waals surface area contributed by atoms with Crippen LogP contribution in [0.4, 0.5) is 0 Å². The lowest BCUT2D eigenvalue weighted by Crippen LogP contribution is -2.38. The minimum Gasteiger partial charge on any atom is -0.478 e. The van der Waals surface area contributed by atoms with E-state index in [0.29, 0.717) is 32.5 Å². The normalized spacial score (nSPS) is 17.4. The number of amides is 2. The van der Waals surface area contributed by atoms with Crippen LogP contribution in [0, 0.1) is 5.92 Å². The van der Waals surface area contributed by atoms with E-state index >= 15 is 0 Å². The zero-order chi connectivity index (χ0) is 28.3. The number of nitrogens with one attached hydrogen (secondary N) is 1. The lowest BCUT2D eigenvalue weighted by atomic mass is 9.87. The fourth-order valence-corrected chi connectivity index (χ4v) is 5.96. The molecule has 2 atom stereocenters. The average Bonchev–Trinajstić information content (AvgIpc) is 3.82. The second-order valence-corrected chi connectivity index (χ2v) is 10.9. The molecule has 0 saturated heterocycles. The Kier molecular flexibility index (Phi) is 7.38. The zero-order valence-electron chi connectivity index (χ0n) is 22.8. The summed E-state index contributed by atoms with van der Waals surface area (Å²) in [5, 5.41) is 12.7. The van der Waals surface area contributed by atoms with Crippen LogP contribution in [-0.4, -0.2) is 34.3 Å². The summed E-state index contributed by atoms with van der Waals surface area (Å²) in [5.74, 6) is -0.598. The van der Waals surface area contributed by atoms with E-state index < -0.39 is 5.97 Å². The number of fused-ring (bicyclic) bond motifs is 1. The maximum Gasteiger partial charge on any atom is 0.335 e. The van der Waals surface area contributed by atoms with E-state index in [2.05, 4.69) is 17.4 Å². The van der Waals surface area contributed by atoms with Crippen molar-refractivity contribution in [2.24, 2.45) is 5.92 Å². The smallest absolute Gasteiger partial charge is 0.335 e. The van der Waals surface area contributed by atoms with Gasteiger partial charge in [0, 0.05) is 25.6 Å². The first-order chi connectivity index (χ1) is 20.0. The minimum absolute atomic E-state index is 0.0183. The number of hydrogen-bond acceptors (Lipinski definition) is 3. The summed E-state index contributed by atoms with van der Waals surface area (Å²) in [6.45, 7) is 1.42. The highest BCUT2D eigenvalue weighted by Gasteiger charge is 2.43. The van der Waals surface area contributed by atoms with Gasteiger partial charge in [-0.1, -0.05) is 84.9 Å². The number of rotatable bonds is 8. The van der Waals surface area contributed by atoms with Gasteiger partial charge in [-0.05, 0) is 69.8 Å². The molecule has 6 heteroatoms. The number of carbonyl (C=O) groups excluding carboxylic acids is 2. The largest absolute Gasteiger partial charge is 0.478 e. The molecule has 1 aliphatic carbocycles. The van der Waals surface area contributed by atoms with Gasteiger partial charge in [0.25, 0.3) is 0 Å². The Bertz CT molecular complexity index is 1600. The Morgan fingerprint density at radius 2 is 1.61 bits per heavy atom. The number of aromatic carboxylic acids is 1. The molecule has 2 amide bonds. The quantitative estimate of drug-likeness (QED) is 0.302. The molecule has 0 unspecified atom stereocenters. The van der Waals surface area contributed by atoms with E-state index in [1.165, 1.54) is 5.56 Å². The molecule has 1 saturated carbocycles. The van der Waals surface area contributed by atoms with E-state index in [9.17, 15) is 19.5 Å². The zero-order valence-corrected chi connectivity index (χ0v) is 22.8. The third-order valence-electron chi connectivity index (χ3n) is 8.29. The molecule has 2 N–H and O–H groups in total. The van der Waals surface area contributed by atoms with E-state index in [1.807, 2.05) is 71.6 Å². The van der Waals surface area contributed by atoms with Crippen molar-refractivity contribution in [3.63, 3.8) is 0 Å². The molecule has 1 heterocycles. The fourth-order valence-electron chi connectivity index (χ4n) is 5.96. The summed E-state index contributed by atoms with van der Waals surface area (Å²) in [7, 11) is 0. The van der Waals surface area contributed by atoms with Gasteiger partial charge < -0.3 is 15.3 Å². The summed E-state index contributed by atoms with van der Waals surface area (Å²) < 4.78 is 0. The molecule has 0 spiro atoms. The molecular formula is C35H32N2O4. The minimum atomic E-state index is -0.966. The highest BCUT2D eigenvalue weighted by molar-refractivity contribution is 5.90. The lowest BCUT2D eigenvalue weighted by Gasteiger charge is -2.32. The van der Waals surface area contributed by atoms with Crippen LogP contribution in [0.2, 0.25) is 0 Å². The van der Waals surface area contributed by atoms with Crippen LogP contribution in [0.1, 0.15) is 50.5 Å². The van der Waals surface area contributed by atoms with Gasteiger partial charge in [0.05, 0.1) is 12.0 Å². The number of hydrogen-bond donors (Lipinski definition) is 2. The predicted octanol–water partition coefficient (Wildman–Crippen LogP) is 5.60. The Morgan fingerprint density at radius 1 is 0.854 bits per heavy atom. The van der Waals surface area contributed by atoms with Crippen molar-refractivity contribution in [3.8, 4) is 11.1 Å². The summed E-state index contributed by atoms with van der Waals surface area (Å²) in [6, 6.07) is 30.9. The second-order valence-electron chi connectivity index (χ2n) is 10.9. The van der Waals surface area contributed by atoms with Crippen molar-refractivity contribution in [2.45, 2.75) is 38.3 Å². The van der Waals surface area contributed by atoms with E-state index in [4.69, 9.17) is 0 Å². The standard InChI is InChI=1S/C35H32N2O4/c38-33(18-23-8-3-1-4-9-23)37-17-16-29-28(25-12-7-13-26(19-25)35(40)41)15-14-27(32(29)22-37)21-36-34(39)31-20-30(31)24-10-5-2-6-11-24/h1-15,19,30-31H,16-18,20-22H2,(H,36,39)(H,40,41)/t30-,31+/m0/s1. The summed E-state index contributed by atoms with van der Waals surface area (Å²) in [5.41, 5.74) is 7.35. The maximum atomic E-state index is 13.3. The van der Waals surface area contributed by atoms with E-state index in [0.717, 1.165) is 39.8 Å². The van der Waals surface area contributed by atoms with Crippen LogP contribution in [0.3, 0.4) is 0 Å². The number of benzene rings is 4. The van der Waals surface area contributed by atoms with Gasteiger partial charge in [-0.25, -0.2) is 4.79 Å². The summed E-state index contributed by atoms with van der Waals surface area (Å²) in [4.78, 5) is 39.9. The Morgan fingerprint density at radius 3 is 2.37 bits per heavy atom. The van der Waals surface area contributed by atoms with Crippen LogP contribution in [0.15, 0.2) is 97.1 Å². The van der Waals surface area contributed by atoms with Gasteiger partial charge >= 0.3 is 5.97 Å². The molecule has 2 aliphatic rings. The maximum absolute atomic E-state index is 13.3. The monoisotopic (exact) mass is 544 g/mol. The first-order valence-corrected chi connectivity index (χ1v) is 14.1. The molecule has 4 aromatic carbocycles. The van der Waals surface area contributed by atoms with Crippen LogP contribution in [0.25, 0.3) is 11.1 Å². The molecule has 6 rings (SSSR count). The molecule has 0 radical (unpaired) electrons. The van der Waals surface area contributed by atoms with Crippen molar-refractivity contribution in [1.82, 2.24) is 10.2 Å². The second kappa shape index (κ2) is 11.4. The van der Waals surface area contributed by atoms with Crippen molar-refractivity contribution in [1.29, 1.82) is 0 Å². The first-order valence-electron chi connectivity index (χ1n) is 14.1. The number of carbonyl (C=O) groups is 3. The van der Waals surface area contributed by atoms with Crippen LogP contribution < -0.4 is 5.32 Å². The molecule has 0 bridgehead atoms. The highest BCUT2D eigenvalue weighted by atomic mass is 16.4. The lowest BCUT2D eigenvalue weighted by molar-refractivity contribution is -0.131. The molecule has 1 fully saturated rings. The van der Waals surface area contributed by atoms with Gasteiger partial charge in [-0.3, -0.25) is 9.59 Å². The van der Waals surface area contributed by atoms with Gasteiger partial charge in [0.1, 0.15) is 0 Å². The average molecular weight is 545 g/mol. The van der Waals surface area contributed by atoms with Crippen LogP contribution >= 0.6 is 0 Å². The molecule has 0 aromatic heterocycles. The fraction of sp³-hybridized carbons (Fsp3) is 0.229. The van der Waals surface area contributed by atoms with Crippen molar-refractivity contribution in [2.75, 3.05) is 6.54 Å². The molecule has 1 aliphatic heterocycles. The SMILES string of the molecule is O=C(O)c1cccc(-c2ccc(CNC(=O)[C@@H]3C[C@H]3c3ccccc3)c3c2CCN(C(=O)Cc2ccccc2)C3)c1. The Hall–Kier alpha value is -4.71. The number of nitrogens with zero attached hydrogens (tertiary/aromatic N) is 1. The third kappa shape index (κ3) is 5.78. The number of carboxylic acid groups (broad SMARTS) is 1. The van der Waals surface area contributed by atoms with Crippen LogP contribution in [0.5, 0.6) is 0 Å². The molecular weight excluding hydrogens is 512 g/mol. The predicted molar refractivity (Wildman–Crippen MR) is 157 cm³/mol. The van der Waals surface area contributed by atoms with E-state index in [1.54, 1.807) is 18.2 Å². The Balaban J connectivity index is 1.25. The van der Waals surface area contributed by atoms with Gasteiger partial charge in [-0.15, -0.1) is 0 Å². The van der Waals surface area contributed by atoms with Crippen molar-refractivity contribution >= 4 is 17.8 Å². The van der Waals surface area contributed by atoms with Gasteiger partial charge in [0.15, 0.2) is 0 Å². The molecule has 41 heavy (non-hydrogen) atoms. The number of carboxylic acids is 1. The van der Waals surface area contributed by atoms with Gasteiger partial charge in [-0.2, -0.15) is 0 Å². The molecule has 6 nitrogen and oxygen atoms in total. The topological polar surface area (TPSA) is 86.7 Å². The summed E-state index contributed by atoms with van der Waals surface area (Å²) in [6.07, 6.45) is 1.85. The van der Waals surface area contributed by atoms with E-state index in [-0.39, 0.29) is 29.2 Å². The summed E-state index contributed by atoms with van der Waals surface area (Å²) >= 11 is 0. The third-order valence-corrected chi connectivity index (χ3v) is 8.29. The van der Waals surface area contributed by atoms with Crippen LogP contribution in [-0.2, 0) is 35.5 Å². The van der Waals surface area contributed by atoms with Crippen molar-refractivity contribution < 1.29 is 19.5 Å². The Labute approximate surface area is 239 Å². The molecule has 206 valence electrons.